The summed E-state index contributed by atoms with van der Waals surface area (Å²) in [4.78, 5) is 121. The first-order valence-electron chi connectivity index (χ1n) is 21.5. The van der Waals surface area contributed by atoms with Crippen molar-refractivity contribution >= 4 is 59.2 Å². The van der Waals surface area contributed by atoms with Crippen molar-refractivity contribution < 1.29 is 58.5 Å². The van der Waals surface area contributed by atoms with E-state index in [4.69, 9.17) is 22.9 Å². The van der Waals surface area contributed by atoms with Gasteiger partial charge in [-0.2, -0.15) is 0 Å². The number of aliphatic carboxylic acids is 2. The van der Waals surface area contributed by atoms with Crippen LogP contribution in [0.1, 0.15) is 107 Å². The monoisotopic (exact) mass is 915 g/mol. The zero-order valence-corrected chi connectivity index (χ0v) is 38.3. The van der Waals surface area contributed by atoms with E-state index in [-0.39, 0.29) is 50.0 Å². The molecule has 0 aliphatic rings. The van der Waals surface area contributed by atoms with Crippen molar-refractivity contribution in [3.05, 3.63) is 0 Å². The highest BCUT2D eigenvalue weighted by Gasteiger charge is 2.37. The second-order valence-corrected chi connectivity index (χ2v) is 17.0. The molecule has 0 radical (unpaired) electrons. The third kappa shape index (κ3) is 23.2. The third-order valence-corrected chi connectivity index (χ3v) is 9.62. The number of aliphatic hydroxyl groups excluding tert-OH is 1. The molecule has 0 saturated heterocycles. The Morgan fingerprint density at radius 1 is 0.547 bits per heavy atom. The zero-order chi connectivity index (χ0) is 49.4. The van der Waals surface area contributed by atoms with Gasteiger partial charge in [-0.05, 0) is 83.1 Å². The van der Waals surface area contributed by atoms with Crippen molar-refractivity contribution in [1.82, 2.24) is 37.2 Å². The van der Waals surface area contributed by atoms with E-state index in [0.717, 1.165) is 6.92 Å². The predicted molar refractivity (Wildman–Crippen MR) is 235 cm³/mol. The van der Waals surface area contributed by atoms with Crippen LogP contribution in [0.25, 0.3) is 0 Å². The number of hydrogen-bond donors (Lipinski definition) is 14. The van der Waals surface area contributed by atoms with E-state index in [1.807, 2.05) is 0 Å². The number of carbonyl (C=O) groups excluding carboxylic acids is 7. The summed E-state index contributed by atoms with van der Waals surface area (Å²) in [6.07, 6.45) is -0.896. The molecule has 18 N–H and O–H groups in total. The average molecular weight is 915 g/mol. The standard InChI is InChI=1S/C40H74N12O12/c1-19(2)16-26(34(58)47-25(39(63)64)13-9-10-14-41)49-38(62)31(23(8)53)52-36(60)28(18-29(54)55)50-37(61)30(21(5)6)51-35(59)27(17-20(3)4)48-32(56)22(7)46-33(57)24(42)12-11-15-45-40(43)44/h19-28,30-31,53H,9-18,41-42H2,1-8H3,(H,46,57)(H,47,58)(H,48,56)(H,49,62)(H,50,61)(H,51,59)(H,52,60)(H,54,55)(H,63,64)(H4,43,44,45)/t22-,23+,24-,25-,26-,27-,28-,30-,31-/m0/s1. The fourth-order valence-corrected chi connectivity index (χ4v) is 6.12. The molecule has 0 aromatic heterocycles. The van der Waals surface area contributed by atoms with Gasteiger partial charge in [-0.3, -0.25) is 43.3 Å². The molecule has 0 spiro atoms. The van der Waals surface area contributed by atoms with Crippen LogP contribution in [0.3, 0.4) is 0 Å². The minimum atomic E-state index is -1.86. The van der Waals surface area contributed by atoms with Crippen molar-refractivity contribution in [2.75, 3.05) is 13.1 Å². The van der Waals surface area contributed by atoms with Crippen molar-refractivity contribution in [2.24, 2.45) is 45.7 Å². The minimum Gasteiger partial charge on any atom is -0.481 e. The fraction of sp³-hybridized carbons (Fsp3) is 0.750. The quantitative estimate of drug-likeness (QED) is 0.0183. The lowest BCUT2D eigenvalue weighted by atomic mass is 9.99. The predicted octanol–water partition coefficient (Wildman–Crippen LogP) is -3.40. The highest BCUT2D eigenvalue weighted by Crippen LogP contribution is 2.12. The van der Waals surface area contributed by atoms with E-state index in [0.29, 0.717) is 25.8 Å². The average Bonchev–Trinajstić information content (AvgIpc) is 3.17. The van der Waals surface area contributed by atoms with E-state index in [2.05, 4.69) is 42.2 Å². The molecule has 0 saturated carbocycles. The molecular formula is C40H74N12O12. The second-order valence-electron chi connectivity index (χ2n) is 17.0. The van der Waals surface area contributed by atoms with Crippen LogP contribution in [0, 0.1) is 17.8 Å². The number of hydrogen-bond acceptors (Lipinski definition) is 13. The van der Waals surface area contributed by atoms with Crippen molar-refractivity contribution in [3.8, 4) is 0 Å². The van der Waals surface area contributed by atoms with E-state index in [9.17, 15) is 58.5 Å². The molecule has 9 atom stereocenters. The highest BCUT2D eigenvalue weighted by atomic mass is 16.4. The fourth-order valence-electron chi connectivity index (χ4n) is 6.12. The van der Waals surface area contributed by atoms with Gasteiger partial charge in [0.15, 0.2) is 5.96 Å². The van der Waals surface area contributed by atoms with Crippen LogP contribution >= 0.6 is 0 Å². The Hall–Kier alpha value is -5.62. The molecule has 24 heteroatoms. The lowest BCUT2D eigenvalue weighted by molar-refractivity contribution is -0.142. The molecule has 0 fully saturated rings. The number of nitrogens with one attached hydrogen (secondary N) is 7. The summed E-state index contributed by atoms with van der Waals surface area (Å²) in [5.41, 5.74) is 22.0. The summed E-state index contributed by atoms with van der Waals surface area (Å²) in [6, 6.07) is -11.0. The molecule has 0 unspecified atom stereocenters. The zero-order valence-electron chi connectivity index (χ0n) is 38.3. The van der Waals surface area contributed by atoms with Crippen molar-refractivity contribution in [1.29, 1.82) is 0 Å². The van der Waals surface area contributed by atoms with Gasteiger partial charge in [0.1, 0.15) is 42.3 Å². The topological polar surface area (TPSA) is 415 Å². The molecule has 0 aromatic carbocycles. The van der Waals surface area contributed by atoms with Crippen LogP contribution in [0.5, 0.6) is 0 Å². The van der Waals surface area contributed by atoms with E-state index >= 15 is 0 Å². The first-order valence-corrected chi connectivity index (χ1v) is 21.5. The Labute approximate surface area is 374 Å². The van der Waals surface area contributed by atoms with Crippen LogP contribution in [-0.2, 0) is 43.2 Å². The van der Waals surface area contributed by atoms with Crippen LogP contribution in [0.4, 0.5) is 0 Å². The van der Waals surface area contributed by atoms with E-state index in [1.165, 1.54) is 6.92 Å². The van der Waals surface area contributed by atoms with E-state index in [1.54, 1.807) is 41.5 Å². The summed E-state index contributed by atoms with van der Waals surface area (Å²) in [5, 5.41) is 46.9. The van der Waals surface area contributed by atoms with Crippen LogP contribution < -0.4 is 60.2 Å². The maximum Gasteiger partial charge on any atom is 0.326 e. The molecule has 0 rings (SSSR count). The van der Waals surface area contributed by atoms with E-state index < -0.39 is 120 Å². The largest absolute Gasteiger partial charge is 0.481 e. The number of nitrogens with two attached hydrogens (primary N) is 4. The van der Waals surface area contributed by atoms with Crippen LogP contribution in [-0.4, -0.2) is 142 Å². The molecule has 0 aromatic rings. The molecule has 64 heavy (non-hydrogen) atoms. The first-order chi connectivity index (χ1) is 29.7. The number of carbonyl (C=O) groups is 9. The Balaban J connectivity index is 6.13. The molecule has 0 heterocycles. The molecule has 0 bridgehead atoms. The van der Waals surface area contributed by atoms with Crippen LogP contribution in [0.2, 0.25) is 0 Å². The SMILES string of the molecule is CC(C)C[C@H](NC(=O)[C@H](C)NC(=O)[C@@H](N)CCCN=C(N)N)C(=O)N[C@H](C(=O)N[C@@H](CC(=O)O)C(=O)N[C@H](C(=O)N[C@@H](CC(C)C)C(=O)N[C@@H](CCCCN)C(=O)O)[C@@H](C)O)C(C)C. The summed E-state index contributed by atoms with van der Waals surface area (Å²) in [7, 11) is 0. The molecule has 24 nitrogen and oxygen atoms in total. The van der Waals surface area contributed by atoms with Gasteiger partial charge in [0, 0.05) is 6.54 Å². The van der Waals surface area contributed by atoms with Gasteiger partial charge in [0.05, 0.1) is 18.6 Å². The summed E-state index contributed by atoms with van der Waals surface area (Å²) in [6.45, 7) is 13.2. The van der Waals surface area contributed by atoms with Crippen molar-refractivity contribution in [3.63, 3.8) is 0 Å². The number of guanidine groups is 1. The van der Waals surface area contributed by atoms with Gasteiger partial charge < -0.3 is 75.5 Å². The number of nitrogens with zero attached hydrogens (tertiary/aromatic N) is 1. The second kappa shape index (κ2) is 29.7. The van der Waals surface area contributed by atoms with Gasteiger partial charge in [0.2, 0.25) is 41.4 Å². The first kappa shape index (κ1) is 58.4. The molecule has 7 amide bonds. The van der Waals surface area contributed by atoms with Gasteiger partial charge in [-0.1, -0.05) is 41.5 Å². The Morgan fingerprint density at radius 2 is 1.02 bits per heavy atom. The lowest BCUT2D eigenvalue weighted by Gasteiger charge is -2.29. The smallest absolute Gasteiger partial charge is 0.326 e. The van der Waals surface area contributed by atoms with Gasteiger partial charge in [-0.15, -0.1) is 0 Å². The number of carboxylic acid groups (broad SMARTS) is 2. The summed E-state index contributed by atoms with van der Waals surface area (Å²) in [5.74, 6) is -10.2. The van der Waals surface area contributed by atoms with Crippen LogP contribution in [0.15, 0.2) is 4.99 Å². The highest BCUT2D eigenvalue weighted by molar-refractivity contribution is 5.98. The maximum absolute atomic E-state index is 13.7. The van der Waals surface area contributed by atoms with Gasteiger partial charge >= 0.3 is 11.9 Å². The minimum absolute atomic E-state index is 0.0306. The molecule has 366 valence electrons. The van der Waals surface area contributed by atoms with Gasteiger partial charge in [0.25, 0.3) is 0 Å². The maximum atomic E-state index is 13.7. The number of unbranched alkanes of at least 4 members (excludes halogenated alkanes) is 1. The number of aliphatic hydroxyl groups is 1. The van der Waals surface area contributed by atoms with Crippen molar-refractivity contribution in [2.45, 2.75) is 161 Å². The lowest BCUT2D eigenvalue weighted by Crippen LogP contribution is -2.62. The number of amides is 7. The van der Waals surface area contributed by atoms with Gasteiger partial charge in [-0.25, -0.2) is 4.79 Å². The molecule has 0 aliphatic carbocycles. The number of aliphatic imine (C=N–C) groups is 1. The Morgan fingerprint density at radius 3 is 1.48 bits per heavy atom. The Bertz CT molecular complexity index is 1610. The normalized spacial score (nSPS) is 15.5. The third-order valence-electron chi connectivity index (χ3n) is 9.62. The summed E-state index contributed by atoms with van der Waals surface area (Å²) < 4.78 is 0. The molecule has 0 aliphatic heterocycles. The number of carboxylic acids is 2. The number of rotatable bonds is 31. The summed E-state index contributed by atoms with van der Waals surface area (Å²) >= 11 is 0. The Kier molecular flexibility index (Phi) is 27.1. The molecular weight excluding hydrogens is 841 g/mol.